The summed E-state index contributed by atoms with van der Waals surface area (Å²) in [5, 5.41) is 29.3. The Morgan fingerprint density at radius 3 is 2.37 bits per heavy atom. The number of carbonyl (C=O) groups excluding carboxylic acids is 2. The molecule has 0 aromatic carbocycles. The van der Waals surface area contributed by atoms with Gasteiger partial charge in [0.1, 0.15) is 10.9 Å². The number of rotatable bonds is 9. The average Bonchev–Trinajstić information content (AvgIpc) is 2.65. The van der Waals surface area contributed by atoms with Gasteiger partial charge in [0.2, 0.25) is 10.0 Å². The minimum atomic E-state index is -4.40. The first-order valence-corrected chi connectivity index (χ1v) is 8.80. The number of hydrogen-bond acceptors (Lipinski definition) is 9. The highest BCUT2D eigenvalue weighted by Gasteiger charge is 2.33. The Kier molecular flexibility index (Phi) is 7.78. The van der Waals surface area contributed by atoms with E-state index < -0.39 is 58.1 Å². The highest BCUT2D eigenvalue weighted by Crippen LogP contribution is 2.17. The van der Waals surface area contributed by atoms with Crippen molar-refractivity contribution in [2.24, 2.45) is 0 Å². The Hall–Kier alpha value is -2.61. The van der Waals surface area contributed by atoms with Gasteiger partial charge in [-0.2, -0.15) is 4.31 Å². The molecule has 1 heterocycles. The minimum Gasteiger partial charge on any atom is -0.480 e. The van der Waals surface area contributed by atoms with E-state index in [0.29, 0.717) is 4.31 Å². The first kappa shape index (κ1) is 22.4. The molecular formula is C14H19N3O9S. The lowest BCUT2D eigenvalue weighted by Gasteiger charge is -2.22. The highest BCUT2D eigenvalue weighted by atomic mass is 32.2. The number of nitrogens with zero attached hydrogens (tertiary/aromatic N) is 2. The van der Waals surface area contributed by atoms with Crippen LogP contribution >= 0.6 is 0 Å². The third-order valence-corrected chi connectivity index (χ3v) is 5.35. The zero-order valence-corrected chi connectivity index (χ0v) is 15.2. The fraction of sp³-hybridized carbons (Fsp3) is 0.429. The minimum absolute atomic E-state index is 0.261. The van der Waals surface area contributed by atoms with Crippen molar-refractivity contribution in [3.63, 3.8) is 0 Å². The molecule has 13 heteroatoms. The Labute approximate surface area is 154 Å². The molecule has 1 aromatic rings. The molecule has 12 nitrogen and oxygen atoms in total. The molecule has 2 atom stereocenters. The van der Waals surface area contributed by atoms with Crippen LogP contribution in [-0.4, -0.2) is 90.3 Å². The number of aliphatic hydroxyl groups excluding tert-OH is 2. The molecule has 0 fully saturated rings. The zero-order chi connectivity index (χ0) is 20.8. The number of hydrogen-bond donors (Lipinski definition) is 4. The standard InChI is InChI=1S/C14H19N3O9S/c1-17(11(7-19)13(21)22)27(24,25)9-3-8(4-15-5-9)12(20)16-10(6-18)14(23)26-2/h3-5,10-11,18-19H,6-7H2,1-2H3,(H,16,20)(H,21,22). The van der Waals surface area contributed by atoms with Crippen molar-refractivity contribution in [1.29, 1.82) is 0 Å². The number of carbonyl (C=O) groups is 3. The van der Waals surface area contributed by atoms with Gasteiger partial charge in [-0.25, -0.2) is 13.2 Å². The summed E-state index contributed by atoms with van der Waals surface area (Å²) in [6.07, 6.45) is 1.91. The van der Waals surface area contributed by atoms with E-state index in [4.69, 9.17) is 15.3 Å². The molecule has 4 N–H and O–H groups in total. The number of likely N-dealkylation sites (N-methyl/N-ethyl adjacent to an activating group) is 1. The number of nitrogens with one attached hydrogen (secondary N) is 1. The van der Waals surface area contributed by atoms with Gasteiger partial charge in [0, 0.05) is 19.4 Å². The van der Waals surface area contributed by atoms with Crippen LogP contribution in [0.2, 0.25) is 0 Å². The largest absolute Gasteiger partial charge is 0.480 e. The number of aliphatic hydroxyl groups is 2. The number of ether oxygens (including phenoxy) is 1. The summed E-state index contributed by atoms with van der Waals surface area (Å²) >= 11 is 0. The normalized spacial score (nSPS) is 13.7. The quantitative estimate of drug-likeness (QED) is 0.318. The van der Waals surface area contributed by atoms with Gasteiger partial charge in [-0.05, 0) is 6.07 Å². The Morgan fingerprint density at radius 2 is 1.89 bits per heavy atom. The monoisotopic (exact) mass is 405 g/mol. The third kappa shape index (κ3) is 5.19. The maximum absolute atomic E-state index is 12.5. The molecule has 0 saturated heterocycles. The maximum Gasteiger partial charge on any atom is 0.330 e. The number of sulfonamides is 1. The van der Waals surface area contributed by atoms with E-state index in [9.17, 15) is 22.8 Å². The highest BCUT2D eigenvalue weighted by molar-refractivity contribution is 7.89. The number of esters is 1. The number of aliphatic carboxylic acids is 1. The lowest BCUT2D eigenvalue weighted by atomic mass is 10.2. The van der Waals surface area contributed by atoms with Crippen molar-refractivity contribution in [3.8, 4) is 0 Å². The summed E-state index contributed by atoms with van der Waals surface area (Å²) in [7, 11) is -2.39. The van der Waals surface area contributed by atoms with Crippen molar-refractivity contribution in [1.82, 2.24) is 14.6 Å². The van der Waals surface area contributed by atoms with E-state index in [1.54, 1.807) is 0 Å². The SMILES string of the molecule is COC(=O)C(CO)NC(=O)c1cncc(S(=O)(=O)N(C)C(CO)C(=O)O)c1. The number of amides is 1. The van der Waals surface area contributed by atoms with Gasteiger partial charge in [-0.3, -0.25) is 14.6 Å². The molecular weight excluding hydrogens is 386 g/mol. The van der Waals surface area contributed by atoms with Crippen molar-refractivity contribution < 1.29 is 42.9 Å². The van der Waals surface area contributed by atoms with Crippen molar-refractivity contribution >= 4 is 27.9 Å². The predicted octanol–water partition coefficient (Wildman–Crippen LogP) is -2.59. The van der Waals surface area contributed by atoms with Crippen molar-refractivity contribution in [3.05, 3.63) is 24.0 Å². The molecule has 1 amide bonds. The number of methoxy groups -OCH3 is 1. The summed E-state index contributed by atoms with van der Waals surface area (Å²) in [5.74, 6) is -3.38. The topological polar surface area (TPSA) is 183 Å². The number of carboxylic acids is 1. The van der Waals surface area contributed by atoms with Crippen LogP contribution in [0.3, 0.4) is 0 Å². The molecule has 0 bridgehead atoms. The van der Waals surface area contributed by atoms with Crippen LogP contribution in [-0.2, 0) is 24.3 Å². The molecule has 1 aromatic heterocycles. The molecule has 27 heavy (non-hydrogen) atoms. The molecule has 0 aliphatic carbocycles. The summed E-state index contributed by atoms with van der Waals surface area (Å²) in [6.45, 7) is -1.71. The van der Waals surface area contributed by atoms with Gasteiger partial charge in [0.05, 0.1) is 25.9 Å². The first-order chi connectivity index (χ1) is 12.6. The second-order valence-corrected chi connectivity index (χ2v) is 7.20. The molecule has 0 aliphatic rings. The lowest BCUT2D eigenvalue weighted by molar-refractivity contribution is -0.144. The van der Waals surface area contributed by atoms with Crippen LogP contribution in [0.25, 0.3) is 0 Å². The second kappa shape index (κ2) is 9.36. The second-order valence-electron chi connectivity index (χ2n) is 5.20. The Bertz CT molecular complexity index is 812. The summed E-state index contributed by atoms with van der Waals surface area (Å²) in [4.78, 5) is 37.8. The molecule has 0 aliphatic heterocycles. The van der Waals surface area contributed by atoms with E-state index >= 15 is 0 Å². The van der Waals surface area contributed by atoms with Gasteiger partial charge < -0.3 is 25.4 Å². The fourth-order valence-corrected chi connectivity index (χ4v) is 3.22. The predicted molar refractivity (Wildman–Crippen MR) is 88.1 cm³/mol. The van der Waals surface area contributed by atoms with E-state index in [0.717, 1.165) is 32.6 Å². The zero-order valence-electron chi connectivity index (χ0n) is 14.4. The number of pyridine rings is 1. The lowest BCUT2D eigenvalue weighted by Crippen LogP contribution is -2.45. The van der Waals surface area contributed by atoms with Crippen molar-refractivity contribution in [2.45, 2.75) is 17.0 Å². The smallest absolute Gasteiger partial charge is 0.330 e. The molecule has 0 spiro atoms. The van der Waals surface area contributed by atoms with Crippen LogP contribution < -0.4 is 5.32 Å². The van der Waals surface area contributed by atoms with Gasteiger partial charge in [0.15, 0.2) is 6.04 Å². The molecule has 2 unspecified atom stereocenters. The van der Waals surface area contributed by atoms with E-state index in [1.807, 2.05) is 0 Å². The fourth-order valence-electron chi connectivity index (χ4n) is 1.93. The van der Waals surface area contributed by atoms with Crippen molar-refractivity contribution in [2.75, 3.05) is 27.4 Å². The first-order valence-electron chi connectivity index (χ1n) is 7.36. The van der Waals surface area contributed by atoms with Gasteiger partial charge >= 0.3 is 11.9 Å². The molecule has 1 rings (SSSR count). The van der Waals surface area contributed by atoms with E-state index in [1.165, 1.54) is 0 Å². The van der Waals surface area contributed by atoms with Gasteiger partial charge in [0.25, 0.3) is 5.91 Å². The average molecular weight is 405 g/mol. The maximum atomic E-state index is 12.5. The van der Waals surface area contributed by atoms with E-state index in [2.05, 4.69) is 15.0 Å². The molecule has 0 radical (unpaired) electrons. The third-order valence-electron chi connectivity index (χ3n) is 3.52. The summed E-state index contributed by atoms with van der Waals surface area (Å²) < 4.78 is 29.8. The Balaban J connectivity index is 3.15. The summed E-state index contributed by atoms with van der Waals surface area (Å²) in [6, 6.07) is -2.18. The number of carboxylic acid groups (broad SMARTS) is 1. The molecule has 0 saturated carbocycles. The summed E-state index contributed by atoms with van der Waals surface area (Å²) in [5.41, 5.74) is -0.261. The van der Waals surface area contributed by atoms with Gasteiger partial charge in [-0.1, -0.05) is 0 Å². The van der Waals surface area contributed by atoms with Crippen LogP contribution in [0.15, 0.2) is 23.4 Å². The van der Waals surface area contributed by atoms with Crippen LogP contribution in [0.5, 0.6) is 0 Å². The number of aromatic nitrogens is 1. The molecule has 150 valence electrons. The Morgan fingerprint density at radius 1 is 1.26 bits per heavy atom. The van der Waals surface area contributed by atoms with Crippen LogP contribution in [0.1, 0.15) is 10.4 Å². The van der Waals surface area contributed by atoms with Crippen LogP contribution in [0.4, 0.5) is 0 Å². The van der Waals surface area contributed by atoms with Gasteiger partial charge in [-0.15, -0.1) is 0 Å². The van der Waals surface area contributed by atoms with E-state index in [-0.39, 0.29) is 5.56 Å². The van der Waals surface area contributed by atoms with Crippen LogP contribution in [0, 0.1) is 0 Å².